The fraction of sp³-hybridized carbons (Fsp3) is 0.143. The number of rotatable bonds is 4. The third kappa shape index (κ3) is 5.23. The molecule has 0 aliphatic rings. The minimum atomic E-state index is -1.31. The molecule has 2 rings (SSSR count). The molecule has 130 valence electrons. The van der Waals surface area contributed by atoms with Gasteiger partial charge in [0.2, 0.25) is 2.14 Å². The summed E-state index contributed by atoms with van der Waals surface area (Å²) in [5.74, 6) is 1.18. The van der Waals surface area contributed by atoms with Gasteiger partial charge in [-0.2, -0.15) is 0 Å². The Morgan fingerprint density at radius 1 is 0.708 bits per heavy atom. The standard InChI is InChI=1S/C14H6Br8O2/c15-8-6-9(11(17)12(18)10(8)16)24-14(22,13(19,20)21)23-7-4-2-1-3-5-7/h1-6H. The van der Waals surface area contributed by atoms with Crippen LogP contribution in [0.3, 0.4) is 0 Å². The molecule has 0 spiro atoms. The highest BCUT2D eigenvalue weighted by atomic mass is 80.0. The zero-order valence-electron chi connectivity index (χ0n) is 11.3. The molecule has 0 bridgehead atoms. The molecule has 2 nitrogen and oxygen atoms in total. The Balaban J connectivity index is 2.44. The van der Waals surface area contributed by atoms with E-state index in [-0.39, 0.29) is 0 Å². The molecule has 0 N–H and O–H groups in total. The molecule has 2 aromatic rings. The maximum atomic E-state index is 6.14. The Morgan fingerprint density at radius 2 is 1.29 bits per heavy atom. The fourth-order valence-electron chi connectivity index (χ4n) is 1.54. The van der Waals surface area contributed by atoms with Gasteiger partial charge in [-0.15, -0.1) is 0 Å². The molecular formula is C14H6Br8O2. The second kappa shape index (κ2) is 8.92. The third-order valence-corrected chi connectivity index (χ3v) is 11.3. The Morgan fingerprint density at radius 3 is 1.83 bits per heavy atom. The molecular weight excluding hydrogens is 839 g/mol. The van der Waals surface area contributed by atoms with Gasteiger partial charge in [0.1, 0.15) is 11.5 Å². The predicted octanol–water partition coefficient (Wildman–Crippen LogP) is 9.08. The molecule has 10 heteroatoms. The van der Waals surface area contributed by atoms with Crippen LogP contribution in [0, 0.1) is 0 Å². The number of benzene rings is 2. The number of hydrogen-bond donors (Lipinski definition) is 0. The van der Waals surface area contributed by atoms with Crippen molar-refractivity contribution in [3.8, 4) is 11.5 Å². The minimum absolute atomic E-state index is 0.549. The van der Waals surface area contributed by atoms with Crippen LogP contribution in [-0.2, 0) is 0 Å². The summed E-state index contributed by atoms with van der Waals surface area (Å²) < 4.78 is 13.2. The van der Waals surface area contributed by atoms with Crippen LogP contribution < -0.4 is 9.47 Å². The van der Waals surface area contributed by atoms with E-state index in [0.717, 1.165) is 17.9 Å². The average molecular weight is 845 g/mol. The van der Waals surface area contributed by atoms with Gasteiger partial charge in [-0.3, -0.25) is 0 Å². The van der Waals surface area contributed by atoms with E-state index in [2.05, 4.69) is 127 Å². The maximum absolute atomic E-state index is 6.14. The molecule has 0 radical (unpaired) electrons. The largest absolute Gasteiger partial charge is 0.441 e. The SMILES string of the molecule is Brc1cc(OC(Br)(Oc2ccccc2)C(Br)(Br)Br)c(Br)c(Br)c1Br. The van der Waals surface area contributed by atoms with Gasteiger partial charge >= 0.3 is 4.70 Å². The lowest BCUT2D eigenvalue weighted by molar-refractivity contribution is -0.0110. The summed E-state index contributed by atoms with van der Waals surface area (Å²) in [6.45, 7) is 0. The molecule has 0 saturated carbocycles. The van der Waals surface area contributed by atoms with Gasteiger partial charge in [-0.1, -0.05) is 66.0 Å². The van der Waals surface area contributed by atoms with Crippen LogP contribution in [0.4, 0.5) is 0 Å². The first-order chi connectivity index (χ1) is 11.0. The molecule has 24 heavy (non-hydrogen) atoms. The lowest BCUT2D eigenvalue weighted by atomic mass is 10.3. The van der Waals surface area contributed by atoms with Crippen molar-refractivity contribution >= 4 is 127 Å². The van der Waals surface area contributed by atoms with E-state index in [9.17, 15) is 0 Å². The highest BCUT2D eigenvalue weighted by Gasteiger charge is 2.51. The normalized spacial score (nSPS) is 14.2. The molecule has 1 atom stereocenters. The molecule has 0 aliphatic heterocycles. The van der Waals surface area contributed by atoms with Crippen LogP contribution in [0.5, 0.6) is 11.5 Å². The Bertz CT molecular complexity index is 732. The van der Waals surface area contributed by atoms with Gasteiger partial charge in [0.05, 0.1) is 8.95 Å². The van der Waals surface area contributed by atoms with Crippen molar-refractivity contribution in [1.29, 1.82) is 0 Å². The van der Waals surface area contributed by atoms with Gasteiger partial charge in [0, 0.05) is 24.9 Å². The summed E-state index contributed by atoms with van der Waals surface area (Å²) in [6, 6.07) is 11.2. The first-order valence-electron chi connectivity index (χ1n) is 6.07. The third-order valence-electron chi connectivity index (χ3n) is 2.64. The van der Waals surface area contributed by atoms with Crippen LogP contribution in [0.1, 0.15) is 0 Å². The smallest absolute Gasteiger partial charge is 0.345 e. The van der Waals surface area contributed by atoms with Crippen LogP contribution in [0.2, 0.25) is 0 Å². The van der Waals surface area contributed by atoms with E-state index in [0.29, 0.717) is 11.5 Å². The minimum Gasteiger partial charge on any atom is -0.441 e. The second-order valence-electron chi connectivity index (χ2n) is 4.35. The number of para-hydroxylation sites is 1. The van der Waals surface area contributed by atoms with Crippen LogP contribution >= 0.6 is 127 Å². The molecule has 1 unspecified atom stereocenters. The van der Waals surface area contributed by atoms with E-state index in [4.69, 9.17) is 9.47 Å². The average Bonchev–Trinajstić information content (AvgIpc) is 2.50. The topological polar surface area (TPSA) is 18.5 Å². The fourth-order valence-corrected chi connectivity index (χ4v) is 4.44. The van der Waals surface area contributed by atoms with E-state index >= 15 is 0 Å². The van der Waals surface area contributed by atoms with E-state index in [1.54, 1.807) is 0 Å². The summed E-state index contributed by atoms with van der Waals surface area (Å²) in [5, 5.41) is 0. The number of alkyl halides is 4. The highest BCUT2D eigenvalue weighted by Crippen LogP contribution is 2.52. The van der Waals surface area contributed by atoms with Gasteiger partial charge < -0.3 is 9.47 Å². The summed E-state index contributed by atoms with van der Waals surface area (Å²) in [7, 11) is 0. The van der Waals surface area contributed by atoms with Crippen LogP contribution in [0.25, 0.3) is 0 Å². The van der Waals surface area contributed by atoms with Crippen molar-refractivity contribution in [2.45, 2.75) is 6.84 Å². The summed E-state index contributed by atoms with van der Waals surface area (Å²) in [6.07, 6.45) is 0. The molecule has 0 aliphatic carbocycles. The van der Waals surface area contributed by atoms with Crippen molar-refractivity contribution in [1.82, 2.24) is 0 Å². The zero-order chi connectivity index (χ0) is 18.1. The summed E-state index contributed by atoms with van der Waals surface area (Å²) in [4.78, 5) is 0. The first kappa shape index (κ1) is 22.2. The van der Waals surface area contributed by atoms with E-state index in [1.165, 1.54) is 0 Å². The molecule has 2 aromatic carbocycles. The Kier molecular flexibility index (Phi) is 8.24. The lowest BCUT2D eigenvalue weighted by Crippen LogP contribution is -2.47. The van der Waals surface area contributed by atoms with Crippen molar-refractivity contribution in [3.05, 3.63) is 54.3 Å². The monoisotopic (exact) mass is 837 g/mol. The van der Waals surface area contributed by atoms with Gasteiger partial charge in [0.15, 0.2) is 0 Å². The molecule has 0 saturated heterocycles. The zero-order valence-corrected chi connectivity index (χ0v) is 24.0. The van der Waals surface area contributed by atoms with Crippen molar-refractivity contribution in [2.24, 2.45) is 0 Å². The maximum Gasteiger partial charge on any atom is 0.345 e. The van der Waals surface area contributed by atoms with Crippen LogP contribution in [-0.4, -0.2) is 6.84 Å². The van der Waals surface area contributed by atoms with Gasteiger partial charge in [-0.25, -0.2) is 0 Å². The molecule has 0 fully saturated rings. The predicted molar refractivity (Wildman–Crippen MR) is 126 cm³/mol. The highest BCUT2D eigenvalue weighted by molar-refractivity contribution is 9.40. The summed E-state index contributed by atoms with van der Waals surface area (Å²) in [5.41, 5.74) is 0. The van der Waals surface area contributed by atoms with Gasteiger partial charge in [0.25, 0.3) is 0 Å². The van der Waals surface area contributed by atoms with E-state index < -0.39 is 6.84 Å². The van der Waals surface area contributed by atoms with Crippen molar-refractivity contribution in [2.75, 3.05) is 0 Å². The molecule has 0 heterocycles. The Labute approximate surface area is 206 Å². The van der Waals surface area contributed by atoms with Crippen molar-refractivity contribution in [3.63, 3.8) is 0 Å². The second-order valence-corrected chi connectivity index (χ2v) is 15.4. The van der Waals surface area contributed by atoms with Gasteiger partial charge in [-0.05, 0) is 81.9 Å². The first-order valence-corrected chi connectivity index (χ1v) is 12.4. The molecule has 0 aromatic heterocycles. The summed E-state index contributed by atoms with van der Waals surface area (Å²) >= 11 is 28.0. The van der Waals surface area contributed by atoms with Crippen LogP contribution in [0.15, 0.2) is 54.3 Å². The molecule has 0 amide bonds. The quantitative estimate of drug-likeness (QED) is 0.133. The number of ether oxygens (including phenoxy) is 2. The number of hydrogen-bond acceptors (Lipinski definition) is 2. The number of halogens is 8. The Hall–Kier alpha value is 1.88. The lowest BCUT2D eigenvalue weighted by Gasteiger charge is -2.35. The van der Waals surface area contributed by atoms with Crippen molar-refractivity contribution < 1.29 is 9.47 Å². The van der Waals surface area contributed by atoms with E-state index in [1.807, 2.05) is 36.4 Å².